The molecule has 0 spiro atoms. The van der Waals surface area contributed by atoms with Crippen molar-refractivity contribution < 1.29 is 9.53 Å². The van der Waals surface area contributed by atoms with Gasteiger partial charge in [-0.1, -0.05) is 0 Å². The predicted octanol–water partition coefficient (Wildman–Crippen LogP) is 3.13. The number of hydrogen-bond donors (Lipinski definition) is 2. The van der Waals surface area contributed by atoms with E-state index in [1.807, 2.05) is 24.3 Å². The van der Waals surface area contributed by atoms with E-state index in [2.05, 4.69) is 27.9 Å². The van der Waals surface area contributed by atoms with Gasteiger partial charge in [-0.2, -0.15) is 0 Å². The van der Waals surface area contributed by atoms with Crippen LogP contribution in [-0.2, 0) is 0 Å². The number of rotatable bonds is 3. The molecular formula is C14H13IN2O2. The average Bonchev–Trinajstić information content (AvgIpc) is 2.40. The molecule has 5 heteroatoms. The van der Waals surface area contributed by atoms with Crippen molar-refractivity contribution >= 4 is 39.9 Å². The summed E-state index contributed by atoms with van der Waals surface area (Å²) in [6.45, 7) is 0. The molecule has 0 heterocycles. The van der Waals surface area contributed by atoms with E-state index in [-0.39, 0.29) is 5.91 Å². The van der Waals surface area contributed by atoms with E-state index < -0.39 is 0 Å². The van der Waals surface area contributed by atoms with E-state index in [4.69, 9.17) is 10.5 Å². The maximum Gasteiger partial charge on any atom is 0.255 e. The third kappa shape index (κ3) is 3.60. The number of halogens is 1. The molecule has 19 heavy (non-hydrogen) atoms. The van der Waals surface area contributed by atoms with Gasteiger partial charge in [0.25, 0.3) is 5.91 Å². The maximum absolute atomic E-state index is 12.1. The minimum absolute atomic E-state index is 0.216. The number of ether oxygens (including phenoxy) is 1. The zero-order valence-electron chi connectivity index (χ0n) is 10.3. The second kappa shape index (κ2) is 5.92. The van der Waals surface area contributed by atoms with E-state index in [9.17, 15) is 4.79 Å². The summed E-state index contributed by atoms with van der Waals surface area (Å²) in [5, 5.41) is 2.81. The summed E-state index contributed by atoms with van der Waals surface area (Å²) in [7, 11) is 1.54. The molecular weight excluding hydrogens is 355 g/mol. The van der Waals surface area contributed by atoms with E-state index in [1.54, 1.807) is 18.2 Å². The van der Waals surface area contributed by atoms with Crippen molar-refractivity contribution in [3.8, 4) is 5.75 Å². The fourth-order valence-electron chi connectivity index (χ4n) is 1.61. The quantitative estimate of drug-likeness (QED) is 0.646. The lowest BCUT2D eigenvalue weighted by atomic mass is 10.1. The summed E-state index contributed by atoms with van der Waals surface area (Å²) < 4.78 is 6.20. The lowest BCUT2D eigenvalue weighted by Gasteiger charge is -2.08. The zero-order chi connectivity index (χ0) is 13.8. The molecule has 0 saturated heterocycles. The van der Waals surface area contributed by atoms with Gasteiger partial charge in [0.2, 0.25) is 0 Å². The molecule has 0 atom stereocenters. The molecule has 2 aromatic rings. The van der Waals surface area contributed by atoms with Gasteiger partial charge in [0.05, 0.1) is 7.11 Å². The summed E-state index contributed by atoms with van der Waals surface area (Å²) >= 11 is 2.21. The second-order valence-electron chi connectivity index (χ2n) is 3.96. The molecule has 0 aromatic heterocycles. The molecule has 0 fully saturated rings. The fourth-order valence-corrected chi connectivity index (χ4v) is 1.97. The number of nitrogens with two attached hydrogens (primary N) is 1. The molecule has 0 saturated carbocycles. The van der Waals surface area contributed by atoms with Crippen molar-refractivity contribution in [2.75, 3.05) is 18.2 Å². The maximum atomic E-state index is 12.1. The molecule has 1 amide bonds. The summed E-state index contributed by atoms with van der Waals surface area (Å²) in [5.74, 6) is 0.347. The van der Waals surface area contributed by atoms with Crippen LogP contribution < -0.4 is 15.8 Å². The molecule has 0 bridgehead atoms. The number of methoxy groups -OCH3 is 1. The number of benzene rings is 2. The minimum atomic E-state index is -0.216. The second-order valence-corrected chi connectivity index (χ2v) is 5.20. The van der Waals surface area contributed by atoms with Crippen molar-refractivity contribution in [3.05, 3.63) is 51.6 Å². The third-order valence-electron chi connectivity index (χ3n) is 2.53. The van der Waals surface area contributed by atoms with Gasteiger partial charge in [-0.15, -0.1) is 0 Å². The standard InChI is InChI=1S/C14H13IN2O2/c1-19-13-7-9(6-11(16)8-13)14(18)17-12-4-2-10(15)3-5-12/h2-8H,16H2,1H3,(H,17,18). The first-order valence-corrected chi connectivity index (χ1v) is 6.68. The molecule has 0 aliphatic carbocycles. The molecule has 0 aliphatic rings. The van der Waals surface area contributed by atoms with Crippen LogP contribution in [0.2, 0.25) is 0 Å². The first kappa shape index (κ1) is 13.7. The molecule has 98 valence electrons. The van der Waals surface area contributed by atoms with Crippen LogP contribution in [-0.4, -0.2) is 13.0 Å². The summed E-state index contributed by atoms with van der Waals surface area (Å²) in [6, 6.07) is 12.5. The molecule has 2 aromatic carbocycles. The van der Waals surface area contributed by atoms with E-state index in [0.717, 1.165) is 9.26 Å². The van der Waals surface area contributed by atoms with Crippen LogP contribution in [0.4, 0.5) is 11.4 Å². The van der Waals surface area contributed by atoms with Crippen molar-refractivity contribution in [1.82, 2.24) is 0 Å². The van der Waals surface area contributed by atoms with Crippen LogP contribution in [0, 0.1) is 3.57 Å². The van der Waals surface area contributed by atoms with Gasteiger partial charge in [-0.3, -0.25) is 4.79 Å². The fraction of sp³-hybridized carbons (Fsp3) is 0.0714. The van der Waals surface area contributed by atoms with Gasteiger partial charge in [0, 0.05) is 26.6 Å². The van der Waals surface area contributed by atoms with Crippen molar-refractivity contribution in [2.45, 2.75) is 0 Å². The van der Waals surface area contributed by atoms with Gasteiger partial charge in [-0.25, -0.2) is 0 Å². The number of nitrogen functional groups attached to an aromatic ring is 1. The number of nitrogens with one attached hydrogen (secondary N) is 1. The highest BCUT2D eigenvalue weighted by atomic mass is 127. The highest BCUT2D eigenvalue weighted by Crippen LogP contribution is 2.20. The smallest absolute Gasteiger partial charge is 0.255 e. The Labute approximate surface area is 125 Å². The predicted molar refractivity (Wildman–Crippen MR) is 84.5 cm³/mol. The highest BCUT2D eigenvalue weighted by molar-refractivity contribution is 14.1. The van der Waals surface area contributed by atoms with Gasteiger partial charge in [0.1, 0.15) is 5.75 Å². The van der Waals surface area contributed by atoms with Crippen LogP contribution in [0.15, 0.2) is 42.5 Å². The summed E-state index contributed by atoms with van der Waals surface area (Å²) in [5.41, 5.74) is 7.43. The molecule has 4 nitrogen and oxygen atoms in total. The van der Waals surface area contributed by atoms with Crippen molar-refractivity contribution in [2.24, 2.45) is 0 Å². The molecule has 0 aliphatic heterocycles. The summed E-state index contributed by atoms with van der Waals surface area (Å²) in [4.78, 5) is 12.1. The molecule has 0 unspecified atom stereocenters. The Balaban J connectivity index is 2.20. The van der Waals surface area contributed by atoms with Crippen LogP contribution in [0.5, 0.6) is 5.75 Å². The minimum Gasteiger partial charge on any atom is -0.497 e. The highest BCUT2D eigenvalue weighted by Gasteiger charge is 2.08. The third-order valence-corrected chi connectivity index (χ3v) is 3.25. The van der Waals surface area contributed by atoms with Crippen LogP contribution in [0.3, 0.4) is 0 Å². The monoisotopic (exact) mass is 368 g/mol. The van der Waals surface area contributed by atoms with Gasteiger partial charge in [-0.05, 0) is 59.0 Å². The summed E-state index contributed by atoms with van der Waals surface area (Å²) in [6.07, 6.45) is 0. The van der Waals surface area contributed by atoms with Gasteiger partial charge >= 0.3 is 0 Å². The van der Waals surface area contributed by atoms with Gasteiger partial charge in [0.15, 0.2) is 0 Å². The lowest BCUT2D eigenvalue weighted by molar-refractivity contribution is 0.102. The molecule has 0 radical (unpaired) electrons. The van der Waals surface area contributed by atoms with E-state index in [0.29, 0.717) is 17.0 Å². The van der Waals surface area contributed by atoms with E-state index >= 15 is 0 Å². The zero-order valence-corrected chi connectivity index (χ0v) is 12.5. The topological polar surface area (TPSA) is 64.3 Å². The Morgan fingerprint density at radius 3 is 2.53 bits per heavy atom. The van der Waals surface area contributed by atoms with Crippen molar-refractivity contribution in [1.29, 1.82) is 0 Å². The number of hydrogen-bond acceptors (Lipinski definition) is 3. The first-order chi connectivity index (χ1) is 9.08. The van der Waals surface area contributed by atoms with Gasteiger partial charge < -0.3 is 15.8 Å². The van der Waals surface area contributed by atoms with Crippen LogP contribution in [0.1, 0.15) is 10.4 Å². The normalized spacial score (nSPS) is 10.0. The van der Waals surface area contributed by atoms with E-state index in [1.165, 1.54) is 7.11 Å². The molecule has 3 N–H and O–H groups in total. The Morgan fingerprint density at radius 2 is 1.89 bits per heavy atom. The van der Waals surface area contributed by atoms with Crippen LogP contribution in [0.25, 0.3) is 0 Å². The number of carbonyl (C=O) groups is 1. The number of amides is 1. The largest absolute Gasteiger partial charge is 0.497 e. The molecule has 2 rings (SSSR count). The average molecular weight is 368 g/mol. The number of carbonyl (C=O) groups excluding carboxylic acids is 1. The Bertz CT molecular complexity index is 597. The number of anilines is 2. The Kier molecular flexibility index (Phi) is 4.26. The Hall–Kier alpha value is -1.76. The van der Waals surface area contributed by atoms with Crippen LogP contribution >= 0.6 is 22.6 Å². The Morgan fingerprint density at radius 1 is 1.21 bits per heavy atom. The first-order valence-electron chi connectivity index (χ1n) is 5.60. The SMILES string of the molecule is COc1cc(N)cc(C(=O)Nc2ccc(I)cc2)c1. The van der Waals surface area contributed by atoms with Crippen molar-refractivity contribution in [3.63, 3.8) is 0 Å². The lowest BCUT2D eigenvalue weighted by Crippen LogP contribution is -2.12.